The molecule has 1 rings (SSSR count). The Morgan fingerprint density at radius 2 is 2.00 bits per heavy atom. The number of hydrogen-bond acceptors (Lipinski definition) is 3. The number of carbonyl (C=O) groups excluding carboxylic acids is 1. The molecular formula is C13H15ClN2O5. The number of halogens is 1. The van der Waals surface area contributed by atoms with Crippen LogP contribution in [0, 0.1) is 0 Å². The average Bonchev–Trinajstić information content (AvgIpc) is 2.37. The van der Waals surface area contributed by atoms with Gasteiger partial charge in [0.25, 0.3) is 0 Å². The Balaban J connectivity index is 2.64. The van der Waals surface area contributed by atoms with E-state index in [0.29, 0.717) is 5.02 Å². The Morgan fingerprint density at radius 3 is 2.52 bits per heavy atom. The molecule has 0 spiro atoms. The molecule has 1 atom stereocenters. The highest BCUT2D eigenvalue weighted by Gasteiger charge is 2.24. The molecule has 8 heteroatoms. The molecule has 0 aliphatic heterocycles. The summed E-state index contributed by atoms with van der Waals surface area (Å²) in [5.41, 5.74) is 0.769. The second-order valence-electron chi connectivity index (χ2n) is 4.42. The van der Waals surface area contributed by atoms with Crippen molar-refractivity contribution < 1.29 is 24.6 Å². The molecule has 0 aromatic heterocycles. The van der Waals surface area contributed by atoms with E-state index in [4.69, 9.17) is 21.8 Å². The molecule has 0 heterocycles. The first-order valence-corrected chi connectivity index (χ1v) is 6.38. The summed E-state index contributed by atoms with van der Waals surface area (Å²) in [5, 5.41) is 20.2. The number of amides is 2. The highest BCUT2D eigenvalue weighted by Crippen LogP contribution is 2.12. The van der Waals surface area contributed by atoms with Crippen LogP contribution < -0.4 is 5.32 Å². The zero-order chi connectivity index (χ0) is 16.0. The van der Waals surface area contributed by atoms with Gasteiger partial charge in [0.15, 0.2) is 0 Å². The van der Waals surface area contributed by atoms with Crippen molar-refractivity contribution in [2.75, 3.05) is 7.05 Å². The van der Waals surface area contributed by atoms with Gasteiger partial charge in [0.1, 0.15) is 6.04 Å². The molecule has 2 amide bonds. The Morgan fingerprint density at radius 1 is 1.33 bits per heavy atom. The summed E-state index contributed by atoms with van der Waals surface area (Å²) in [5.74, 6) is -2.71. The summed E-state index contributed by atoms with van der Waals surface area (Å²) >= 11 is 5.83. The van der Waals surface area contributed by atoms with Gasteiger partial charge in [-0.25, -0.2) is 9.59 Å². The lowest BCUT2D eigenvalue weighted by Gasteiger charge is -2.20. The van der Waals surface area contributed by atoms with Gasteiger partial charge in [0, 0.05) is 18.6 Å². The van der Waals surface area contributed by atoms with Gasteiger partial charge in [-0.3, -0.25) is 4.79 Å². The number of nitrogens with one attached hydrogen (secondary N) is 1. The first-order chi connectivity index (χ1) is 9.79. The minimum atomic E-state index is -1.48. The van der Waals surface area contributed by atoms with Crippen molar-refractivity contribution in [2.24, 2.45) is 0 Å². The summed E-state index contributed by atoms with van der Waals surface area (Å²) in [6, 6.07) is 4.71. The van der Waals surface area contributed by atoms with Crippen LogP contribution in [0.25, 0.3) is 0 Å². The van der Waals surface area contributed by atoms with Gasteiger partial charge in [-0.2, -0.15) is 0 Å². The normalized spacial score (nSPS) is 11.5. The van der Waals surface area contributed by atoms with Gasteiger partial charge in [-0.05, 0) is 17.7 Å². The van der Waals surface area contributed by atoms with Crippen molar-refractivity contribution in [2.45, 2.75) is 19.0 Å². The number of hydrogen-bond donors (Lipinski definition) is 3. The lowest BCUT2D eigenvalue weighted by Crippen LogP contribution is -2.47. The monoisotopic (exact) mass is 314 g/mol. The van der Waals surface area contributed by atoms with Crippen LogP contribution in [-0.4, -0.2) is 46.2 Å². The third kappa shape index (κ3) is 5.70. The molecule has 114 valence electrons. The molecule has 3 N–H and O–H groups in total. The van der Waals surface area contributed by atoms with E-state index in [2.05, 4.69) is 5.32 Å². The first-order valence-electron chi connectivity index (χ1n) is 6.00. The van der Waals surface area contributed by atoms with Crippen molar-refractivity contribution in [3.8, 4) is 0 Å². The molecule has 0 fully saturated rings. The Hall–Kier alpha value is -2.28. The predicted molar refractivity (Wildman–Crippen MR) is 75.1 cm³/mol. The van der Waals surface area contributed by atoms with E-state index in [1.807, 2.05) is 0 Å². The number of carboxylic acid groups (broad SMARTS) is 2. The number of carbonyl (C=O) groups is 3. The Labute approximate surface area is 126 Å². The van der Waals surface area contributed by atoms with E-state index in [9.17, 15) is 14.4 Å². The highest BCUT2D eigenvalue weighted by molar-refractivity contribution is 6.30. The van der Waals surface area contributed by atoms with Gasteiger partial charge in [0.05, 0.1) is 6.42 Å². The fourth-order valence-corrected chi connectivity index (χ4v) is 1.83. The van der Waals surface area contributed by atoms with Crippen LogP contribution in [0.2, 0.25) is 5.02 Å². The third-order valence-corrected chi connectivity index (χ3v) is 2.87. The number of nitrogens with zero attached hydrogens (tertiary/aromatic N) is 1. The van der Waals surface area contributed by atoms with Crippen LogP contribution in [0.5, 0.6) is 0 Å². The molecule has 7 nitrogen and oxygen atoms in total. The number of benzene rings is 1. The quantitative estimate of drug-likeness (QED) is 0.736. The van der Waals surface area contributed by atoms with E-state index in [1.54, 1.807) is 24.3 Å². The van der Waals surface area contributed by atoms with Crippen LogP contribution in [-0.2, 0) is 16.1 Å². The molecule has 0 unspecified atom stereocenters. The third-order valence-electron chi connectivity index (χ3n) is 2.63. The van der Waals surface area contributed by atoms with Crippen LogP contribution >= 0.6 is 11.6 Å². The maximum atomic E-state index is 11.9. The van der Waals surface area contributed by atoms with Crippen molar-refractivity contribution in [3.05, 3.63) is 34.9 Å². The van der Waals surface area contributed by atoms with Crippen LogP contribution in [0.1, 0.15) is 12.0 Å². The molecule has 1 aromatic rings. The predicted octanol–water partition coefficient (Wildman–Crippen LogP) is 1.41. The summed E-state index contributed by atoms with van der Waals surface area (Å²) in [4.78, 5) is 34.5. The summed E-state index contributed by atoms with van der Waals surface area (Å²) < 4.78 is 0. The SMILES string of the molecule is CN(Cc1cccc(Cl)c1)C(=O)N[C@@H](CC(=O)O)C(=O)O. The number of aliphatic carboxylic acids is 2. The molecular weight excluding hydrogens is 300 g/mol. The molecule has 0 aliphatic rings. The number of urea groups is 1. The van der Waals surface area contributed by atoms with E-state index >= 15 is 0 Å². The molecule has 0 aliphatic carbocycles. The number of carboxylic acids is 2. The average molecular weight is 315 g/mol. The molecule has 1 aromatic carbocycles. The Bertz CT molecular complexity index is 549. The van der Waals surface area contributed by atoms with Crippen LogP contribution in [0.15, 0.2) is 24.3 Å². The maximum Gasteiger partial charge on any atom is 0.326 e. The highest BCUT2D eigenvalue weighted by atomic mass is 35.5. The van der Waals surface area contributed by atoms with E-state index in [0.717, 1.165) is 5.56 Å². The minimum Gasteiger partial charge on any atom is -0.481 e. The van der Waals surface area contributed by atoms with Gasteiger partial charge in [-0.15, -0.1) is 0 Å². The fourth-order valence-electron chi connectivity index (χ4n) is 1.61. The standard InChI is InChI=1S/C13H15ClN2O5/c1-16(7-8-3-2-4-9(14)5-8)13(21)15-10(12(19)20)6-11(17)18/h2-5,10H,6-7H2,1H3,(H,15,21)(H,17,18)(H,19,20)/t10-/m0/s1. The lowest BCUT2D eigenvalue weighted by molar-refractivity contribution is -0.145. The van der Waals surface area contributed by atoms with Crippen molar-refractivity contribution in [1.29, 1.82) is 0 Å². The van der Waals surface area contributed by atoms with Crippen molar-refractivity contribution in [3.63, 3.8) is 0 Å². The zero-order valence-corrected chi connectivity index (χ0v) is 12.0. The Kier molecular flexibility index (Phi) is 5.98. The maximum absolute atomic E-state index is 11.9. The lowest BCUT2D eigenvalue weighted by atomic mass is 10.2. The van der Waals surface area contributed by atoms with Crippen molar-refractivity contribution >= 4 is 29.6 Å². The van der Waals surface area contributed by atoms with Crippen LogP contribution in [0.4, 0.5) is 4.79 Å². The summed E-state index contributed by atoms with van der Waals surface area (Å²) in [7, 11) is 1.47. The zero-order valence-electron chi connectivity index (χ0n) is 11.2. The van der Waals surface area contributed by atoms with Gasteiger partial charge in [-0.1, -0.05) is 23.7 Å². The molecule has 0 saturated heterocycles. The smallest absolute Gasteiger partial charge is 0.326 e. The van der Waals surface area contributed by atoms with Crippen LogP contribution in [0.3, 0.4) is 0 Å². The first kappa shape index (κ1) is 16.8. The van der Waals surface area contributed by atoms with E-state index < -0.39 is 30.4 Å². The second-order valence-corrected chi connectivity index (χ2v) is 4.86. The van der Waals surface area contributed by atoms with Gasteiger partial charge in [0.2, 0.25) is 0 Å². The molecule has 0 saturated carbocycles. The molecule has 0 radical (unpaired) electrons. The minimum absolute atomic E-state index is 0.214. The van der Waals surface area contributed by atoms with Gasteiger partial charge >= 0.3 is 18.0 Å². The second kappa shape index (κ2) is 7.49. The summed E-state index contributed by atoms with van der Waals surface area (Å²) in [6.45, 7) is 0.214. The van der Waals surface area contributed by atoms with E-state index in [-0.39, 0.29) is 6.54 Å². The van der Waals surface area contributed by atoms with E-state index in [1.165, 1.54) is 11.9 Å². The topological polar surface area (TPSA) is 107 Å². The van der Waals surface area contributed by atoms with Gasteiger partial charge < -0.3 is 20.4 Å². The summed E-state index contributed by atoms with van der Waals surface area (Å²) in [6.07, 6.45) is -0.688. The molecule has 0 bridgehead atoms. The van der Waals surface area contributed by atoms with Crippen molar-refractivity contribution in [1.82, 2.24) is 10.2 Å². The largest absolute Gasteiger partial charge is 0.481 e. The number of rotatable bonds is 6. The molecule has 21 heavy (non-hydrogen) atoms. The fraction of sp³-hybridized carbons (Fsp3) is 0.308.